The van der Waals surface area contributed by atoms with Crippen LogP contribution in [0.2, 0.25) is 0 Å². The number of aromatic amines is 1. The number of likely N-dealkylation sites (tertiary alicyclic amines) is 1. The third-order valence-electron chi connectivity index (χ3n) is 5.41. The highest BCUT2D eigenvalue weighted by Gasteiger charge is 2.43. The van der Waals surface area contributed by atoms with Crippen LogP contribution in [0, 0.1) is 17.4 Å². The number of nitrogens with zero attached hydrogens (tertiary/aromatic N) is 2. The van der Waals surface area contributed by atoms with Crippen LogP contribution in [0.5, 0.6) is 0 Å². The van der Waals surface area contributed by atoms with Crippen molar-refractivity contribution in [3.8, 4) is 6.19 Å². The largest absolute Gasteiger partial charge is 0.469 e. The van der Waals surface area contributed by atoms with Crippen molar-refractivity contribution >= 4 is 23.2 Å². The molecule has 1 aromatic carbocycles. The second-order valence-electron chi connectivity index (χ2n) is 6.49. The van der Waals surface area contributed by atoms with Crippen molar-refractivity contribution in [2.75, 3.05) is 13.7 Å². The van der Waals surface area contributed by atoms with E-state index in [-0.39, 0.29) is 23.8 Å². The highest BCUT2D eigenvalue weighted by molar-refractivity contribution is 5.95. The lowest BCUT2D eigenvalue weighted by atomic mass is 9.72. The maximum Gasteiger partial charge on any atom is 0.310 e. The summed E-state index contributed by atoms with van der Waals surface area (Å²) in [5.41, 5.74) is 3.61. The smallest absolute Gasteiger partial charge is 0.310 e. The number of piperidine rings is 1. The first-order valence-electron chi connectivity index (χ1n) is 8.00. The molecule has 2 aromatic rings. The Kier molecular flexibility index (Phi) is 3.31. The fraction of sp³-hybridized carbons (Fsp3) is 0.389. The molecule has 1 unspecified atom stereocenters. The number of nitriles is 1. The molecule has 2 aliphatic rings. The Morgan fingerprint density at radius 3 is 3.04 bits per heavy atom. The average molecular weight is 323 g/mol. The van der Waals surface area contributed by atoms with Gasteiger partial charge in [-0.3, -0.25) is 9.59 Å². The van der Waals surface area contributed by atoms with Crippen molar-refractivity contribution in [3.05, 3.63) is 35.0 Å². The van der Waals surface area contributed by atoms with E-state index >= 15 is 0 Å². The van der Waals surface area contributed by atoms with Crippen LogP contribution in [0.15, 0.2) is 18.2 Å². The van der Waals surface area contributed by atoms with Gasteiger partial charge in [0.05, 0.1) is 24.8 Å². The summed E-state index contributed by atoms with van der Waals surface area (Å²) < 4.78 is 4.90. The number of carbonyl (C=O) groups excluding carboxylic acids is 2. The Labute approximate surface area is 139 Å². The lowest BCUT2D eigenvalue weighted by molar-refractivity contribution is -0.147. The second kappa shape index (κ2) is 5.38. The minimum atomic E-state index is -0.308. The number of hydrogen-bond acceptors (Lipinski definition) is 5. The molecule has 4 rings (SSSR count). The van der Waals surface area contributed by atoms with Crippen molar-refractivity contribution < 1.29 is 14.3 Å². The molecule has 1 fully saturated rings. The molecule has 3 atom stereocenters. The van der Waals surface area contributed by atoms with Crippen molar-refractivity contribution in [1.29, 1.82) is 5.26 Å². The van der Waals surface area contributed by atoms with Gasteiger partial charge >= 0.3 is 5.97 Å². The summed E-state index contributed by atoms with van der Waals surface area (Å²) in [5, 5.41) is 10.6. The zero-order chi connectivity index (χ0) is 16.8. The molecule has 1 aliphatic carbocycles. The van der Waals surface area contributed by atoms with E-state index in [1.807, 2.05) is 18.2 Å². The second-order valence-corrected chi connectivity index (χ2v) is 6.49. The molecule has 6 heteroatoms. The number of hydrogen-bond donors (Lipinski definition) is 1. The number of methoxy groups -OCH3 is 1. The number of nitrogens with one attached hydrogen (secondary N) is 1. The molecular weight excluding hydrogens is 306 g/mol. The zero-order valence-corrected chi connectivity index (χ0v) is 13.3. The molecule has 0 spiro atoms. The monoisotopic (exact) mass is 323 g/mol. The molecule has 2 heterocycles. The van der Waals surface area contributed by atoms with Gasteiger partial charge in [0.25, 0.3) is 0 Å². The van der Waals surface area contributed by atoms with Crippen LogP contribution in [0.25, 0.3) is 10.9 Å². The molecule has 0 amide bonds. The molecule has 1 saturated heterocycles. The zero-order valence-electron chi connectivity index (χ0n) is 13.3. The fourth-order valence-electron chi connectivity index (χ4n) is 4.36. The Bertz CT molecular complexity index is 879. The number of ether oxygens (including phenoxy) is 1. The van der Waals surface area contributed by atoms with E-state index in [0.29, 0.717) is 25.1 Å². The van der Waals surface area contributed by atoms with Gasteiger partial charge in [-0.25, -0.2) is 0 Å². The summed E-state index contributed by atoms with van der Waals surface area (Å²) in [6.45, 7) is 0.372. The van der Waals surface area contributed by atoms with E-state index in [1.54, 1.807) is 4.90 Å². The van der Waals surface area contributed by atoms with E-state index in [2.05, 4.69) is 11.2 Å². The minimum Gasteiger partial charge on any atom is -0.469 e. The van der Waals surface area contributed by atoms with Gasteiger partial charge in [0.1, 0.15) is 0 Å². The Hall–Kier alpha value is -2.81. The molecule has 0 bridgehead atoms. The van der Waals surface area contributed by atoms with Crippen LogP contribution >= 0.6 is 0 Å². The summed E-state index contributed by atoms with van der Waals surface area (Å²) in [6.07, 6.45) is 4.37. The van der Waals surface area contributed by atoms with Crippen LogP contribution < -0.4 is 0 Å². The third kappa shape index (κ3) is 1.94. The van der Waals surface area contributed by atoms with Gasteiger partial charge in [-0.2, -0.15) is 5.26 Å². The fourth-order valence-corrected chi connectivity index (χ4v) is 4.36. The SMILES string of the molecule is COC(=O)C1C[C@@H]2c3cccc4[nH]c(C=O)c(c34)C[C@H]2N(C#N)C1. The molecule has 1 N–H and O–H groups in total. The Balaban J connectivity index is 1.86. The minimum absolute atomic E-state index is 0.0245. The number of carbonyl (C=O) groups is 2. The van der Waals surface area contributed by atoms with Gasteiger partial charge in [0.2, 0.25) is 0 Å². The predicted molar refractivity (Wildman–Crippen MR) is 86.4 cm³/mol. The van der Waals surface area contributed by atoms with Crippen LogP contribution in [0.3, 0.4) is 0 Å². The first-order valence-corrected chi connectivity index (χ1v) is 8.00. The van der Waals surface area contributed by atoms with Crippen LogP contribution in [0.1, 0.15) is 34.0 Å². The quantitative estimate of drug-likeness (QED) is 0.519. The number of fused-ring (bicyclic) bond motifs is 2. The first kappa shape index (κ1) is 14.8. The lowest BCUT2D eigenvalue weighted by Gasteiger charge is -2.43. The molecule has 6 nitrogen and oxygen atoms in total. The van der Waals surface area contributed by atoms with Crippen LogP contribution in [-0.4, -0.2) is 41.8 Å². The van der Waals surface area contributed by atoms with Gasteiger partial charge in [-0.05, 0) is 30.0 Å². The third-order valence-corrected chi connectivity index (χ3v) is 5.41. The topological polar surface area (TPSA) is 86.2 Å². The van der Waals surface area contributed by atoms with Crippen LogP contribution in [-0.2, 0) is 16.0 Å². The summed E-state index contributed by atoms with van der Waals surface area (Å²) in [4.78, 5) is 28.3. The van der Waals surface area contributed by atoms with Crippen LogP contribution in [0.4, 0.5) is 0 Å². The average Bonchev–Trinajstić information content (AvgIpc) is 2.99. The standard InChI is InChI=1S/C18H17N3O3/c1-24-18(23)10-5-12-11-3-2-4-14-17(11)13(15(8-22)20-14)6-16(12)21(7-10)9-19/h2-4,8,10,12,16,20H,5-7H2,1H3/t10?,12-,16-/m1/s1. The molecule has 24 heavy (non-hydrogen) atoms. The number of aldehydes is 1. The van der Waals surface area contributed by atoms with Crippen molar-refractivity contribution in [3.63, 3.8) is 0 Å². The number of rotatable bonds is 2. The molecule has 0 saturated carbocycles. The molecule has 122 valence electrons. The van der Waals surface area contributed by atoms with E-state index in [1.165, 1.54) is 7.11 Å². The maximum absolute atomic E-state index is 12.0. The number of aromatic nitrogens is 1. The van der Waals surface area contributed by atoms with Gasteiger partial charge in [-0.1, -0.05) is 12.1 Å². The van der Waals surface area contributed by atoms with Gasteiger partial charge < -0.3 is 14.6 Å². The number of benzene rings is 1. The normalized spacial score (nSPS) is 25.0. The van der Waals surface area contributed by atoms with Gasteiger partial charge in [0.15, 0.2) is 12.5 Å². The molecular formula is C18H17N3O3. The number of esters is 1. The molecule has 1 aliphatic heterocycles. The summed E-state index contributed by atoms with van der Waals surface area (Å²) in [6, 6.07) is 5.93. The van der Waals surface area contributed by atoms with E-state index in [9.17, 15) is 14.9 Å². The summed E-state index contributed by atoms with van der Waals surface area (Å²) in [7, 11) is 1.38. The Morgan fingerprint density at radius 1 is 1.50 bits per heavy atom. The van der Waals surface area contributed by atoms with Crippen molar-refractivity contribution in [2.45, 2.75) is 24.8 Å². The predicted octanol–water partition coefficient (Wildman–Crippen LogP) is 1.96. The first-order chi connectivity index (χ1) is 11.7. The van der Waals surface area contributed by atoms with Gasteiger partial charge in [-0.15, -0.1) is 0 Å². The maximum atomic E-state index is 12.0. The van der Waals surface area contributed by atoms with Gasteiger partial charge in [0, 0.05) is 23.4 Å². The van der Waals surface area contributed by atoms with E-state index in [4.69, 9.17) is 4.74 Å². The van der Waals surface area contributed by atoms with Crippen molar-refractivity contribution in [1.82, 2.24) is 9.88 Å². The molecule has 1 aromatic heterocycles. The summed E-state index contributed by atoms with van der Waals surface area (Å²) in [5.74, 6) is -0.500. The van der Waals surface area contributed by atoms with Crippen molar-refractivity contribution in [2.24, 2.45) is 5.92 Å². The highest BCUT2D eigenvalue weighted by atomic mass is 16.5. The lowest BCUT2D eigenvalue weighted by Crippen LogP contribution is -2.49. The molecule has 0 radical (unpaired) electrons. The van der Waals surface area contributed by atoms with E-state index < -0.39 is 0 Å². The number of H-pyrrole nitrogens is 1. The summed E-state index contributed by atoms with van der Waals surface area (Å²) >= 11 is 0. The highest BCUT2D eigenvalue weighted by Crippen LogP contribution is 2.45. The van der Waals surface area contributed by atoms with E-state index in [0.717, 1.165) is 28.3 Å². The Morgan fingerprint density at radius 2 is 2.33 bits per heavy atom.